The highest BCUT2D eigenvalue weighted by atomic mass is 16.6. The van der Waals surface area contributed by atoms with Gasteiger partial charge in [0.25, 0.3) is 0 Å². The van der Waals surface area contributed by atoms with E-state index in [1.165, 1.54) is 4.90 Å². The highest BCUT2D eigenvalue weighted by Gasteiger charge is 2.12. The maximum atomic E-state index is 11.6. The molecule has 4 nitrogen and oxygen atoms in total. The van der Waals surface area contributed by atoms with E-state index < -0.39 is 6.09 Å². The van der Waals surface area contributed by atoms with E-state index in [0.29, 0.717) is 0 Å². The lowest BCUT2D eigenvalue weighted by atomic mass is 10.2. The van der Waals surface area contributed by atoms with Crippen LogP contribution in [-0.4, -0.2) is 17.0 Å². The van der Waals surface area contributed by atoms with E-state index >= 15 is 0 Å². The summed E-state index contributed by atoms with van der Waals surface area (Å²) in [6.45, 7) is 0.268. The maximum Gasteiger partial charge on any atom is 0.418 e. The van der Waals surface area contributed by atoms with Crippen LogP contribution in [-0.2, 0) is 11.3 Å². The van der Waals surface area contributed by atoms with E-state index in [4.69, 9.17) is 10.5 Å². The predicted octanol–water partition coefficient (Wildman–Crippen LogP) is 1.99. The van der Waals surface area contributed by atoms with Crippen LogP contribution >= 0.6 is 0 Å². The number of ether oxygens (including phenoxy) is 1. The molecule has 0 bridgehead atoms. The first-order valence-electron chi connectivity index (χ1n) is 5.37. The Kier molecular flexibility index (Phi) is 3.57. The Morgan fingerprint density at radius 2 is 1.88 bits per heavy atom. The number of hydrogen-bond acceptors (Lipinski definition) is 3. The summed E-state index contributed by atoms with van der Waals surface area (Å²) in [5, 5.41) is 0. The molecule has 1 aliphatic rings. The third kappa shape index (κ3) is 3.19. The summed E-state index contributed by atoms with van der Waals surface area (Å²) in [5.41, 5.74) is 6.57. The Morgan fingerprint density at radius 3 is 2.53 bits per heavy atom. The molecule has 1 aliphatic heterocycles. The first-order valence-corrected chi connectivity index (χ1v) is 5.37. The number of amides is 1. The molecule has 0 atom stereocenters. The van der Waals surface area contributed by atoms with Crippen LogP contribution in [0.5, 0.6) is 0 Å². The lowest BCUT2D eigenvalue weighted by Crippen LogP contribution is -2.27. The Labute approximate surface area is 100.0 Å². The van der Waals surface area contributed by atoms with Crippen molar-refractivity contribution >= 4 is 6.09 Å². The van der Waals surface area contributed by atoms with Gasteiger partial charge in [0.15, 0.2) is 0 Å². The van der Waals surface area contributed by atoms with Crippen LogP contribution < -0.4 is 5.73 Å². The zero-order valence-electron chi connectivity index (χ0n) is 9.32. The normalized spacial score (nSPS) is 15.0. The van der Waals surface area contributed by atoms with Crippen LogP contribution in [0.3, 0.4) is 0 Å². The molecule has 1 heterocycles. The van der Waals surface area contributed by atoms with Gasteiger partial charge >= 0.3 is 6.09 Å². The van der Waals surface area contributed by atoms with E-state index in [2.05, 4.69) is 0 Å². The summed E-state index contributed by atoms with van der Waals surface area (Å²) in [6, 6.07) is 9.42. The lowest BCUT2D eigenvalue weighted by Gasteiger charge is -2.17. The van der Waals surface area contributed by atoms with Gasteiger partial charge in [-0.1, -0.05) is 30.3 Å². The topological polar surface area (TPSA) is 55.6 Å². The van der Waals surface area contributed by atoms with Gasteiger partial charge in [-0.15, -0.1) is 0 Å². The molecule has 0 radical (unpaired) electrons. The second-order valence-corrected chi connectivity index (χ2v) is 3.71. The van der Waals surface area contributed by atoms with Gasteiger partial charge in [-0.3, -0.25) is 4.90 Å². The molecule has 0 aliphatic carbocycles. The van der Waals surface area contributed by atoms with Crippen molar-refractivity contribution in [2.45, 2.75) is 12.6 Å². The van der Waals surface area contributed by atoms with Crippen molar-refractivity contribution in [3.8, 4) is 0 Å². The summed E-state index contributed by atoms with van der Waals surface area (Å²) in [5.74, 6) is 0. The second-order valence-electron chi connectivity index (χ2n) is 3.71. The molecule has 17 heavy (non-hydrogen) atoms. The van der Waals surface area contributed by atoms with Gasteiger partial charge in [-0.05, 0) is 17.7 Å². The molecular weight excluding hydrogens is 216 g/mol. The zero-order valence-corrected chi connectivity index (χ0v) is 9.32. The third-order valence-electron chi connectivity index (χ3n) is 2.35. The Hall–Kier alpha value is -2.07. The van der Waals surface area contributed by atoms with Crippen molar-refractivity contribution in [3.05, 3.63) is 60.4 Å². The Bertz CT molecular complexity index is 426. The molecule has 88 valence electrons. The first-order chi connectivity index (χ1) is 8.25. The highest BCUT2D eigenvalue weighted by Crippen LogP contribution is 2.07. The van der Waals surface area contributed by atoms with Crippen molar-refractivity contribution in [1.82, 2.24) is 4.90 Å². The number of hydrogen-bond donors (Lipinski definition) is 1. The smallest absolute Gasteiger partial charge is 0.418 e. The van der Waals surface area contributed by atoms with E-state index in [1.807, 2.05) is 30.3 Å². The van der Waals surface area contributed by atoms with E-state index in [0.717, 1.165) is 5.56 Å². The van der Waals surface area contributed by atoms with Crippen molar-refractivity contribution < 1.29 is 9.53 Å². The molecule has 4 heteroatoms. The molecule has 1 aromatic rings. The average molecular weight is 230 g/mol. The van der Waals surface area contributed by atoms with Crippen molar-refractivity contribution in [2.75, 3.05) is 0 Å². The zero-order chi connectivity index (χ0) is 12.1. The minimum absolute atomic E-state index is 0.131. The minimum Gasteiger partial charge on any atom is -0.444 e. The fourth-order valence-corrected chi connectivity index (χ4v) is 1.41. The Morgan fingerprint density at radius 1 is 1.24 bits per heavy atom. The monoisotopic (exact) mass is 230 g/mol. The molecular formula is C13H14N2O2. The van der Waals surface area contributed by atoms with Gasteiger partial charge in [-0.25, -0.2) is 4.79 Å². The van der Waals surface area contributed by atoms with Gasteiger partial charge in [0.1, 0.15) is 6.61 Å². The number of carbonyl (C=O) groups is 1. The van der Waals surface area contributed by atoms with Crippen LogP contribution in [0, 0.1) is 0 Å². The number of nitrogens with two attached hydrogens (primary N) is 1. The van der Waals surface area contributed by atoms with Crippen LogP contribution in [0.15, 0.2) is 54.9 Å². The molecule has 1 amide bonds. The van der Waals surface area contributed by atoms with Crippen molar-refractivity contribution in [3.63, 3.8) is 0 Å². The van der Waals surface area contributed by atoms with Gasteiger partial charge in [0.2, 0.25) is 0 Å². The van der Waals surface area contributed by atoms with Crippen molar-refractivity contribution in [2.24, 2.45) is 5.73 Å². The molecule has 0 fully saturated rings. The average Bonchev–Trinajstić information content (AvgIpc) is 2.38. The third-order valence-corrected chi connectivity index (χ3v) is 2.35. The number of benzene rings is 1. The lowest BCUT2D eigenvalue weighted by molar-refractivity contribution is 0.121. The van der Waals surface area contributed by atoms with Crippen molar-refractivity contribution in [1.29, 1.82) is 0 Å². The molecule has 0 saturated carbocycles. The Balaban J connectivity index is 1.86. The molecule has 0 unspecified atom stereocenters. The van der Waals surface area contributed by atoms with Crippen LogP contribution in [0.1, 0.15) is 5.56 Å². The van der Waals surface area contributed by atoms with E-state index in [-0.39, 0.29) is 12.6 Å². The first kappa shape index (κ1) is 11.4. The van der Waals surface area contributed by atoms with Gasteiger partial charge < -0.3 is 10.5 Å². The molecule has 1 aromatic carbocycles. The standard InChI is InChI=1S/C13H14N2O2/c14-12-6-8-15(9-7-12)13(16)17-10-11-4-2-1-3-5-11/h1-9,12H,10,14H2. The quantitative estimate of drug-likeness (QED) is 0.845. The molecule has 2 N–H and O–H groups in total. The molecule has 0 spiro atoms. The summed E-state index contributed by atoms with van der Waals surface area (Å²) in [7, 11) is 0. The van der Waals surface area contributed by atoms with E-state index in [1.54, 1.807) is 24.6 Å². The number of nitrogens with zero attached hydrogens (tertiary/aromatic N) is 1. The summed E-state index contributed by atoms with van der Waals surface area (Å²) < 4.78 is 5.15. The second kappa shape index (κ2) is 5.32. The van der Waals surface area contributed by atoms with Gasteiger partial charge in [0, 0.05) is 18.4 Å². The van der Waals surface area contributed by atoms with Crippen LogP contribution in [0.25, 0.3) is 0 Å². The molecule has 2 rings (SSSR count). The summed E-state index contributed by atoms with van der Waals surface area (Å²) >= 11 is 0. The number of rotatable bonds is 2. The van der Waals surface area contributed by atoms with Gasteiger partial charge in [0.05, 0.1) is 0 Å². The van der Waals surface area contributed by atoms with Crippen LogP contribution in [0.4, 0.5) is 4.79 Å². The largest absolute Gasteiger partial charge is 0.444 e. The minimum atomic E-state index is -0.409. The highest BCUT2D eigenvalue weighted by molar-refractivity contribution is 5.70. The SMILES string of the molecule is NC1C=CN(C(=O)OCc2ccccc2)C=C1. The molecule has 0 aromatic heterocycles. The fourth-order valence-electron chi connectivity index (χ4n) is 1.41. The number of carbonyl (C=O) groups excluding carboxylic acids is 1. The summed E-state index contributed by atoms with van der Waals surface area (Å²) in [6.07, 6.45) is 6.26. The van der Waals surface area contributed by atoms with Gasteiger partial charge in [-0.2, -0.15) is 0 Å². The maximum absolute atomic E-state index is 11.6. The fraction of sp³-hybridized carbons (Fsp3) is 0.154. The predicted molar refractivity (Wildman–Crippen MR) is 64.7 cm³/mol. The molecule has 0 saturated heterocycles. The summed E-state index contributed by atoms with van der Waals surface area (Å²) in [4.78, 5) is 13.0. The van der Waals surface area contributed by atoms with E-state index in [9.17, 15) is 4.79 Å². The van der Waals surface area contributed by atoms with Crippen LogP contribution in [0.2, 0.25) is 0 Å².